The average Bonchev–Trinajstić information content (AvgIpc) is 2.78. The minimum absolute atomic E-state index is 0.0882. The molecule has 0 radical (unpaired) electrons. The first-order valence-electron chi connectivity index (χ1n) is 10.5. The molecule has 2 aromatic carbocycles. The van der Waals surface area contributed by atoms with E-state index in [2.05, 4.69) is 19.2 Å². The van der Waals surface area contributed by atoms with Crippen molar-refractivity contribution in [3.63, 3.8) is 0 Å². The zero-order chi connectivity index (χ0) is 22.4. The van der Waals surface area contributed by atoms with Crippen molar-refractivity contribution in [3.05, 3.63) is 65.7 Å². The molecule has 1 aliphatic heterocycles. The highest BCUT2D eigenvalue weighted by atomic mass is 32.2. The number of nitrogens with zero attached hydrogens (tertiary/aromatic N) is 2. The van der Waals surface area contributed by atoms with Crippen LogP contribution < -0.4 is 5.32 Å². The Bertz CT molecular complexity index is 997. The Labute approximate surface area is 184 Å². The number of rotatable bonds is 7. The average molecular weight is 444 g/mol. The SMILES string of the molecule is CC(C)c1ccc(S(=O)(=O)N2CCN(C(=O)CNC(=O)Cc3ccccc3)CC2)cc1. The summed E-state index contributed by atoms with van der Waals surface area (Å²) in [6.07, 6.45) is 0.218. The molecule has 8 heteroatoms. The quantitative estimate of drug-likeness (QED) is 0.709. The molecule has 0 unspecified atom stereocenters. The van der Waals surface area contributed by atoms with Gasteiger partial charge in [-0.3, -0.25) is 9.59 Å². The van der Waals surface area contributed by atoms with Gasteiger partial charge in [-0.2, -0.15) is 4.31 Å². The molecule has 3 rings (SSSR count). The first-order chi connectivity index (χ1) is 14.8. The largest absolute Gasteiger partial charge is 0.347 e. The molecular weight excluding hydrogens is 414 g/mol. The number of amides is 2. The molecule has 7 nitrogen and oxygen atoms in total. The van der Waals surface area contributed by atoms with Gasteiger partial charge in [-0.1, -0.05) is 56.3 Å². The molecule has 1 heterocycles. The second kappa shape index (κ2) is 10.1. The van der Waals surface area contributed by atoms with Gasteiger partial charge in [-0.05, 0) is 29.2 Å². The zero-order valence-electron chi connectivity index (χ0n) is 18.0. The highest BCUT2D eigenvalue weighted by Gasteiger charge is 2.30. The van der Waals surface area contributed by atoms with Crippen molar-refractivity contribution >= 4 is 21.8 Å². The van der Waals surface area contributed by atoms with E-state index in [1.807, 2.05) is 42.5 Å². The number of carbonyl (C=O) groups excluding carboxylic acids is 2. The van der Waals surface area contributed by atoms with Crippen molar-refractivity contribution in [2.75, 3.05) is 32.7 Å². The lowest BCUT2D eigenvalue weighted by Crippen LogP contribution is -2.52. The van der Waals surface area contributed by atoms with E-state index in [1.54, 1.807) is 17.0 Å². The molecule has 0 spiro atoms. The molecule has 0 atom stereocenters. The lowest BCUT2D eigenvalue weighted by Gasteiger charge is -2.34. The summed E-state index contributed by atoms with van der Waals surface area (Å²) in [5, 5.41) is 2.65. The summed E-state index contributed by atoms with van der Waals surface area (Å²) in [6, 6.07) is 16.3. The van der Waals surface area contributed by atoms with Crippen LogP contribution in [0.5, 0.6) is 0 Å². The predicted molar refractivity (Wildman–Crippen MR) is 119 cm³/mol. The van der Waals surface area contributed by atoms with Crippen LogP contribution in [0.1, 0.15) is 30.9 Å². The lowest BCUT2D eigenvalue weighted by molar-refractivity contribution is -0.133. The van der Waals surface area contributed by atoms with Gasteiger partial charge in [0.25, 0.3) is 0 Å². The number of sulfonamides is 1. The summed E-state index contributed by atoms with van der Waals surface area (Å²) in [4.78, 5) is 26.3. The van der Waals surface area contributed by atoms with Gasteiger partial charge in [0.1, 0.15) is 0 Å². The smallest absolute Gasteiger partial charge is 0.243 e. The second-order valence-corrected chi connectivity index (χ2v) is 9.89. The maximum Gasteiger partial charge on any atom is 0.243 e. The molecule has 2 amide bonds. The van der Waals surface area contributed by atoms with Crippen molar-refractivity contribution in [1.29, 1.82) is 0 Å². The summed E-state index contributed by atoms with van der Waals surface area (Å²) < 4.78 is 27.2. The number of piperazine rings is 1. The van der Waals surface area contributed by atoms with E-state index in [9.17, 15) is 18.0 Å². The van der Waals surface area contributed by atoms with Gasteiger partial charge in [0, 0.05) is 26.2 Å². The Kier molecular flexibility index (Phi) is 7.46. The molecule has 0 bridgehead atoms. The summed E-state index contributed by atoms with van der Waals surface area (Å²) in [7, 11) is -3.59. The molecule has 1 N–H and O–H groups in total. The second-order valence-electron chi connectivity index (χ2n) is 7.95. The third kappa shape index (κ3) is 5.92. The predicted octanol–water partition coefficient (Wildman–Crippen LogP) is 2.00. The standard InChI is InChI=1S/C23H29N3O4S/c1-18(2)20-8-10-21(11-9-20)31(29,30)26-14-12-25(13-15-26)23(28)17-24-22(27)16-19-6-4-3-5-7-19/h3-11,18H,12-17H2,1-2H3,(H,24,27). The van der Waals surface area contributed by atoms with E-state index in [0.717, 1.165) is 11.1 Å². The summed E-state index contributed by atoms with van der Waals surface area (Å²) in [5.41, 5.74) is 1.97. The minimum Gasteiger partial charge on any atom is -0.347 e. The monoisotopic (exact) mass is 443 g/mol. The van der Waals surface area contributed by atoms with Crippen molar-refractivity contribution in [3.8, 4) is 0 Å². The highest BCUT2D eigenvalue weighted by molar-refractivity contribution is 7.89. The van der Waals surface area contributed by atoms with Gasteiger partial charge in [0.15, 0.2) is 0 Å². The molecule has 0 saturated carbocycles. The maximum absolute atomic E-state index is 12.9. The van der Waals surface area contributed by atoms with Gasteiger partial charge < -0.3 is 10.2 Å². The highest BCUT2D eigenvalue weighted by Crippen LogP contribution is 2.21. The molecule has 1 saturated heterocycles. The molecule has 31 heavy (non-hydrogen) atoms. The lowest BCUT2D eigenvalue weighted by atomic mass is 10.0. The van der Waals surface area contributed by atoms with Crippen LogP contribution in [0.3, 0.4) is 0 Å². The number of benzene rings is 2. The molecular formula is C23H29N3O4S. The Morgan fingerprint density at radius 2 is 1.55 bits per heavy atom. The first kappa shape index (κ1) is 23.0. The van der Waals surface area contributed by atoms with Crippen LogP contribution >= 0.6 is 0 Å². The summed E-state index contributed by atoms with van der Waals surface area (Å²) >= 11 is 0. The van der Waals surface area contributed by atoms with E-state index in [0.29, 0.717) is 19.0 Å². The molecule has 1 fully saturated rings. The van der Waals surface area contributed by atoms with Crippen LogP contribution in [0.2, 0.25) is 0 Å². The number of hydrogen-bond donors (Lipinski definition) is 1. The van der Waals surface area contributed by atoms with Gasteiger partial charge in [-0.25, -0.2) is 8.42 Å². The number of hydrogen-bond acceptors (Lipinski definition) is 4. The van der Waals surface area contributed by atoms with Gasteiger partial charge in [-0.15, -0.1) is 0 Å². The fraction of sp³-hybridized carbons (Fsp3) is 0.391. The molecule has 1 aliphatic rings. The minimum atomic E-state index is -3.59. The Hall–Kier alpha value is -2.71. The van der Waals surface area contributed by atoms with Crippen molar-refractivity contribution in [2.45, 2.75) is 31.1 Å². The third-order valence-electron chi connectivity index (χ3n) is 5.42. The van der Waals surface area contributed by atoms with Crippen molar-refractivity contribution in [2.24, 2.45) is 0 Å². The van der Waals surface area contributed by atoms with E-state index in [4.69, 9.17) is 0 Å². The fourth-order valence-corrected chi connectivity index (χ4v) is 4.90. The Balaban J connectivity index is 1.49. The Morgan fingerprint density at radius 3 is 2.13 bits per heavy atom. The van der Waals surface area contributed by atoms with Crippen LogP contribution in [0.25, 0.3) is 0 Å². The van der Waals surface area contributed by atoms with Crippen LogP contribution in [-0.2, 0) is 26.0 Å². The van der Waals surface area contributed by atoms with Crippen LogP contribution in [-0.4, -0.2) is 62.2 Å². The van der Waals surface area contributed by atoms with E-state index >= 15 is 0 Å². The molecule has 2 aromatic rings. The van der Waals surface area contributed by atoms with E-state index < -0.39 is 10.0 Å². The number of carbonyl (C=O) groups is 2. The van der Waals surface area contributed by atoms with Crippen molar-refractivity contribution in [1.82, 2.24) is 14.5 Å². The van der Waals surface area contributed by atoms with Gasteiger partial charge in [0.2, 0.25) is 21.8 Å². The van der Waals surface area contributed by atoms with E-state index in [-0.39, 0.29) is 42.8 Å². The van der Waals surface area contributed by atoms with Crippen LogP contribution in [0, 0.1) is 0 Å². The number of nitrogens with one attached hydrogen (secondary N) is 1. The van der Waals surface area contributed by atoms with E-state index in [1.165, 1.54) is 4.31 Å². The topological polar surface area (TPSA) is 86.8 Å². The normalized spacial score (nSPS) is 15.1. The maximum atomic E-state index is 12.9. The molecule has 166 valence electrons. The fourth-order valence-electron chi connectivity index (χ4n) is 3.48. The third-order valence-corrected chi connectivity index (χ3v) is 7.33. The summed E-state index contributed by atoms with van der Waals surface area (Å²) in [6.45, 7) is 5.10. The first-order valence-corrected chi connectivity index (χ1v) is 11.9. The Morgan fingerprint density at radius 1 is 0.935 bits per heavy atom. The van der Waals surface area contributed by atoms with Crippen LogP contribution in [0.4, 0.5) is 0 Å². The van der Waals surface area contributed by atoms with Crippen molar-refractivity contribution < 1.29 is 18.0 Å². The molecule has 0 aliphatic carbocycles. The van der Waals surface area contributed by atoms with Gasteiger partial charge in [0.05, 0.1) is 17.9 Å². The molecule has 0 aromatic heterocycles. The van der Waals surface area contributed by atoms with Crippen LogP contribution in [0.15, 0.2) is 59.5 Å². The van der Waals surface area contributed by atoms with Gasteiger partial charge >= 0.3 is 0 Å². The zero-order valence-corrected chi connectivity index (χ0v) is 18.8. The summed E-state index contributed by atoms with van der Waals surface area (Å²) in [5.74, 6) is -0.0927.